The van der Waals surface area contributed by atoms with E-state index in [9.17, 15) is 13.6 Å². The maximum absolute atomic E-state index is 13.7. The Morgan fingerprint density at radius 3 is 2.45 bits per heavy atom. The molecule has 1 aliphatic heterocycles. The van der Waals surface area contributed by atoms with Crippen molar-refractivity contribution in [3.63, 3.8) is 0 Å². The van der Waals surface area contributed by atoms with Gasteiger partial charge in [0.05, 0.1) is 5.56 Å². The van der Waals surface area contributed by atoms with E-state index >= 15 is 0 Å². The number of aryl methyl sites for hydroxylation is 1. The quantitative estimate of drug-likeness (QED) is 0.912. The Bertz CT molecular complexity index is 488. The molecule has 20 heavy (non-hydrogen) atoms. The Morgan fingerprint density at radius 1 is 1.30 bits per heavy atom. The van der Waals surface area contributed by atoms with E-state index in [1.54, 1.807) is 4.90 Å². The molecule has 0 atom stereocenters. The van der Waals surface area contributed by atoms with Crippen LogP contribution in [0.1, 0.15) is 28.8 Å². The highest BCUT2D eigenvalue weighted by Crippen LogP contribution is 2.21. The summed E-state index contributed by atoms with van der Waals surface area (Å²) in [5.74, 6) is -1.23. The van der Waals surface area contributed by atoms with E-state index in [1.165, 1.54) is 6.92 Å². The minimum absolute atomic E-state index is 0. The lowest BCUT2D eigenvalue weighted by molar-refractivity contribution is 0.0688. The van der Waals surface area contributed by atoms with Crippen molar-refractivity contribution in [2.24, 2.45) is 11.7 Å². The van der Waals surface area contributed by atoms with Gasteiger partial charge < -0.3 is 10.6 Å². The van der Waals surface area contributed by atoms with Crippen LogP contribution in [0.4, 0.5) is 8.78 Å². The summed E-state index contributed by atoms with van der Waals surface area (Å²) in [6.07, 6.45) is 1.64. The molecule has 0 bridgehead atoms. The summed E-state index contributed by atoms with van der Waals surface area (Å²) in [5.41, 5.74) is 5.60. The molecule has 0 radical (unpaired) electrons. The zero-order valence-corrected chi connectivity index (χ0v) is 12.2. The molecule has 1 saturated heterocycles. The van der Waals surface area contributed by atoms with Crippen LogP contribution in [-0.2, 0) is 0 Å². The van der Waals surface area contributed by atoms with Gasteiger partial charge in [0, 0.05) is 13.1 Å². The summed E-state index contributed by atoms with van der Waals surface area (Å²) in [5, 5.41) is 0. The molecule has 6 heteroatoms. The van der Waals surface area contributed by atoms with Crippen molar-refractivity contribution in [3.05, 3.63) is 34.9 Å². The number of nitrogens with zero attached hydrogens (tertiary/aromatic N) is 1. The first kappa shape index (κ1) is 16.9. The highest BCUT2D eigenvalue weighted by molar-refractivity contribution is 5.94. The average Bonchev–Trinajstić information content (AvgIpc) is 2.42. The van der Waals surface area contributed by atoms with E-state index in [1.807, 2.05) is 0 Å². The molecule has 0 unspecified atom stereocenters. The van der Waals surface area contributed by atoms with E-state index < -0.39 is 17.5 Å². The first-order valence-corrected chi connectivity index (χ1v) is 6.48. The number of hydrogen-bond donors (Lipinski definition) is 1. The number of likely N-dealkylation sites (tertiary alicyclic amines) is 1. The average molecular weight is 305 g/mol. The summed E-state index contributed by atoms with van der Waals surface area (Å²) >= 11 is 0. The third-order valence-corrected chi connectivity index (χ3v) is 3.71. The summed E-state index contributed by atoms with van der Waals surface area (Å²) in [6, 6.07) is 2.05. The van der Waals surface area contributed by atoms with Crippen LogP contribution in [0.3, 0.4) is 0 Å². The minimum Gasteiger partial charge on any atom is -0.339 e. The molecule has 0 aliphatic carbocycles. The molecule has 1 aliphatic rings. The predicted molar refractivity (Wildman–Crippen MR) is 76.0 cm³/mol. The molecule has 1 aromatic carbocycles. The van der Waals surface area contributed by atoms with Crippen LogP contribution in [0.5, 0.6) is 0 Å². The lowest BCUT2D eigenvalue weighted by Crippen LogP contribution is -2.40. The molecule has 3 nitrogen and oxygen atoms in total. The zero-order valence-electron chi connectivity index (χ0n) is 11.4. The van der Waals surface area contributed by atoms with Crippen LogP contribution < -0.4 is 5.73 Å². The largest absolute Gasteiger partial charge is 0.339 e. The molecule has 1 aromatic rings. The molecular formula is C14H19ClF2N2O. The Hall–Kier alpha value is -1.20. The number of carbonyl (C=O) groups is 1. The number of nitrogens with two attached hydrogens (primary N) is 1. The molecule has 0 saturated carbocycles. The van der Waals surface area contributed by atoms with Gasteiger partial charge in [-0.25, -0.2) is 8.78 Å². The van der Waals surface area contributed by atoms with E-state index in [-0.39, 0.29) is 23.5 Å². The molecule has 1 fully saturated rings. The number of amides is 1. The van der Waals surface area contributed by atoms with Crippen LogP contribution >= 0.6 is 12.4 Å². The molecular weight excluding hydrogens is 286 g/mol. The van der Waals surface area contributed by atoms with Gasteiger partial charge in [-0.15, -0.1) is 12.4 Å². The lowest BCUT2D eigenvalue weighted by atomic mass is 9.96. The second kappa shape index (κ2) is 6.99. The number of benzene rings is 1. The van der Waals surface area contributed by atoms with Gasteiger partial charge in [-0.05, 0) is 49.9 Å². The van der Waals surface area contributed by atoms with Crippen molar-refractivity contribution in [1.82, 2.24) is 4.90 Å². The van der Waals surface area contributed by atoms with E-state index in [0.717, 1.165) is 25.0 Å². The molecule has 1 heterocycles. The van der Waals surface area contributed by atoms with Crippen molar-refractivity contribution in [2.45, 2.75) is 19.8 Å². The van der Waals surface area contributed by atoms with E-state index in [2.05, 4.69) is 0 Å². The molecule has 2 rings (SSSR count). The minimum atomic E-state index is -0.662. The molecule has 112 valence electrons. The second-order valence-electron chi connectivity index (χ2n) is 5.05. The van der Waals surface area contributed by atoms with Gasteiger partial charge >= 0.3 is 0 Å². The number of hydrogen-bond acceptors (Lipinski definition) is 2. The maximum Gasteiger partial charge on any atom is 0.256 e. The van der Waals surface area contributed by atoms with Gasteiger partial charge in [0.15, 0.2) is 0 Å². The Kier molecular flexibility index (Phi) is 5.89. The van der Waals surface area contributed by atoms with Crippen LogP contribution in [0.2, 0.25) is 0 Å². The smallest absolute Gasteiger partial charge is 0.256 e. The molecule has 0 aromatic heterocycles. The van der Waals surface area contributed by atoms with Gasteiger partial charge in [-0.2, -0.15) is 0 Å². The van der Waals surface area contributed by atoms with Gasteiger partial charge in [0.25, 0.3) is 5.91 Å². The lowest BCUT2D eigenvalue weighted by Gasteiger charge is -2.31. The van der Waals surface area contributed by atoms with E-state index in [0.29, 0.717) is 25.6 Å². The fourth-order valence-corrected chi connectivity index (χ4v) is 2.35. The monoisotopic (exact) mass is 304 g/mol. The Morgan fingerprint density at radius 2 is 1.90 bits per heavy atom. The van der Waals surface area contributed by atoms with Crippen LogP contribution in [-0.4, -0.2) is 30.4 Å². The summed E-state index contributed by atoms with van der Waals surface area (Å²) < 4.78 is 27.2. The van der Waals surface area contributed by atoms with Gasteiger partial charge in [0.1, 0.15) is 11.6 Å². The predicted octanol–water partition coefficient (Wildman–Crippen LogP) is 2.51. The summed E-state index contributed by atoms with van der Waals surface area (Å²) in [7, 11) is 0. The van der Waals surface area contributed by atoms with Gasteiger partial charge in [0.2, 0.25) is 0 Å². The Balaban J connectivity index is 0.00000200. The highest BCUT2D eigenvalue weighted by Gasteiger charge is 2.25. The number of halogens is 3. The fourth-order valence-electron chi connectivity index (χ4n) is 2.35. The van der Waals surface area contributed by atoms with Gasteiger partial charge in [-0.1, -0.05) is 0 Å². The van der Waals surface area contributed by atoms with Crippen LogP contribution in [0.25, 0.3) is 0 Å². The summed E-state index contributed by atoms with van der Waals surface area (Å²) in [6.45, 7) is 3.18. The first-order valence-electron chi connectivity index (χ1n) is 6.48. The third kappa shape index (κ3) is 3.46. The molecule has 0 spiro atoms. The van der Waals surface area contributed by atoms with Crippen molar-refractivity contribution < 1.29 is 13.6 Å². The van der Waals surface area contributed by atoms with Crippen LogP contribution in [0.15, 0.2) is 12.1 Å². The van der Waals surface area contributed by atoms with Crippen molar-refractivity contribution >= 4 is 18.3 Å². The van der Waals surface area contributed by atoms with E-state index in [4.69, 9.17) is 5.73 Å². The Labute approximate surface area is 123 Å². The highest BCUT2D eigenvalue weighted by atomic mass is 35.5. The molecule has 1 amide bonds. The maximum atomic E-state index is 13.7. The standard InChI is InChI=1S/C14H18F2N2O.ClH/c1-9-6-13(16)11(7-12(9)15)14(19)18-4-2-10(8-17)3-5-18;/h6-7,10H,2-5,8,17H2,1H3;1H. The zero-order chi connectivity index (χ0) is 14.0. The number of piperidine rings is 1. The summed E-state index contributed by atoms with van der Waals surface area (Å²) in [4.78, 5) is 13.7. The van der Waals surface area contributed by atoms with Crippen molar-refractivity contribution in [3.8, 4) is 0 Å². The third-order valence-electron chi connectivity index (χ3n) is 3.71. The van der Waals surface area contributed by atoms with Gasteiger partial charge in [-0.3, -0.25) is 4.79 Å². The normalized spacial score (nSPS) is 15.9. The van der Waals surface area contributed by atoms with Crippen molar-refractivity contribution in [2.75, 3.05) is 19.6 Å². The first-order chi connectivity index (χ1) is 9.02. The van der Waals surface area contributed by atoms with Crippen molar-refractivity contribution in [1.29, 1.82) is 0 Å². The number of carbonyl (C=O) groups excluding carboxylic acids is 1. The molecule has 2 N–H and O–H groups in total. The number of rotatable bonds is 2. The van der Waals surface area contributed by atoms with Crippen LogP contribution in [0, 0.1) is 24.5 Å². The fraction of sp³-hybridized carbons (Fsp3) is 0.500. The topological polar surface area (TPSA) is 46.3 Å². The second-order valence-corrected chi connectivity index (χ2v) is 5.05. The SMILES string of the molecule is Cc1cc(F)c(C(=O)N2CCC(CN)CC2)cc1F.Cl.